The lowest BCUT2D eigenvalue weighted by molar-refractivity contribution is 0.357. The van der Waals surface area contributed by atoms with Crippen molar-refractivity contribution < 1.29 is 13.9 Å². The van der Waals surface area contributed by atoms with Crippen LogP contribution in [0.1, 0.15) is 19.8 Å². The van der Waals surface area contributed by atoms with Crippen LogP contribution in [-0.4, -0.2) is 19.2 Å². The normalized spacial score (nSPS) is 13.5. The van der Waals surface area contributed by atoms with Crippen molar-refractivity contribution in [3.8, 4) is 11.5 Å². The largest absolute Gasteiger partial charge is 0.541 e. The summed E-state index contributed by atoms with van der Waals surface area (Å²) in [6.07, 6.45) is 1.36. The average Bonchev–Trinajstić information content (AvgIpc) is 2.17. The first-order valence-corrected chi connectivity index (χ1v) is 8.56. The lowest BCUT2D eigenvalue weighted by Crippen LogP contribution is -2.45. The van der Waals surface area contributed by atoms with Gasteiger partial charge in [-0.15, -0.1) is 0 Å². The maximum atomic E-state index is 13.8. The highest BCUT2D eigenvalue weighted by Gasteiger charge is 2.35. The molecule has 0 heterocycles. The lowest BCUT2D eigenvalue weighted by Gasteiger charge is -2.27. The van der Waals surface area contributed by atoms with Crippen LogP contribution in [0.4, 0.5) is 4.39 Å². The topological polar surface area (TPSA) is 29.5 Å². The van der Waals surface area contributed by atoms with Crippen molar-refractivity contribution in [2.45, 2.75) is 38.7 Å². The summed E-state index contributed by atoms with van der Waals surface area (Å²) in [5.74, 6) is -0.177. The molecule has 1 atom stereocenters. The highest BCUT2D eigenvalue weighted by Crippen LogP contribution is 2.25. The molecule has 0 saturated heterocycles. The number of hydrogen-bond acceptors (Lipinski definition) is 2. The van der Waals surface area contributed by atoms with Crippen LogP contribution in [-0.2, 0) is 0 Å². The van der Waals surface area contributed by atoms with Gasteiger partial charge in [-0.2, -0.15) is 0 Å². The first kappa shape index (κ1) is 13.0. The molecule has 0 bridgehead atoms. The van der Waals surface area contributed by atoms with Crippen LogP contribution in [0.25, 0.3) is 0 Å². The Morgan fingerprint density at radius 2 is 2.12 bits per heavy atom. The Morgan fingerprint density at radius 3 is 2.69 bits per heavy atom. The van der Waals surface area contributed by atoms with Gasteiger partial charge in [0.05, 0.1) is 0 Å². The van der Waals surface area contributed by atoms with E-state index in [1.807, 2.05) is 20.0 Å². The third-order valence-electron chi connectivity index (χ3n) is 2.49. The van der Waals surface area contributed by atoms with E-state index in [9.17, 15) is 9.50 Å². The fourth-order valence-corrected chi connectivity index (χ4v) is 3.36. The zero-order valence-corrected chi connectivity index (χ0v) is 11.0. The zero-order chi connectivity index (χ0) is 12.2. The molecule has 0 aromatic heterocycles. The van der Waals surface area contributed by atoms with E-state index in [2.05, 4.69) is 0 Å². The van der Waals surface area contributed by atoms with Crippen LogP contribution in [0.5, 0.6) is 11.5 Å². The molecule has 0 aliphatic carbocycles. The monoisotopic (exact) mass is 242 g/mol. The van der Waals surface area contributed by atoms with E-state index < -0.39 is 14.1 Å². The molecule has 0 radical (unpaired) electrons. The first-order chi connectivity index (χ1) is 7.45. The van der Waals surface area contributed by atoms with E-state index in [1.165, 1.54) is 6.07 Å². The summed E-state index contributed by atoms with van der Waals surface area (Å²) in [6.45, 7) is 5.68. The molecule has 0 spiro atoms. The number of phenolic OH excluding ortho intramolecular Hbond substituents is 1. The SMILES string of the molecule is CCCC(F)[Si](C)(C)Oc1cccc(O)c1. The molecule has 1 N–H and O–H groups in total. The lowest BCUT2D eigenvalue weighted by atomic mass is 10.3. The molecule has 0 aliphatic heterocycles. The predicted molar refractivity (Wildman–Crippen MR) is 66.0 cm³/mol. The summed E-state index contributed by atoms with van der Waals surface area (Å²) in [4.78, 5) is 0. The summed E-state index contributed by atoms with van der Waals surface area (Å²) in [5.41, 5.74) is 0. The van der Waals surface area contributed by atoms with E-state index in [1.54, 1.807) is 18.2 Å². The predicted octanol–water partition coefficient (Wildman–Crippen LogP) is 3.65. The van der Waals surface area contributed by atoms with E-state index in [4.69, 9.17) is 4.43 Å². The van der Waals surface area contributed by atoms with Gasteiger partial charge >= 0.3 is 0 Å². The Bertz CT molecular complexity index is 342. The summed E-state index contributed by atoms with van der Waals surface area (Å²) < 4.78 is 19.5. The highest BCUT2D eigenvalue weighted by molar-refractivity contribution is 6.73. The number of alkyl halides is 1. The Hall–Kier alpha value is -1.03. The number of rotatable bonds is 5. The molecular formula is C12H19FO2Si. The van der Waals surface area contributed by atoms with Crippen molar-refractivity contribution in [1.82, 2.24) is 0 Å². The molecule has 1 aromatic carbocycles. The standard InChI is InChI=1S/C12H19FO2Si/c1-4-6-12(13)16(2,3)15-11-8-5-7-10(14)9-11/h5,7-9,12,14H,4,6H2,1-3H3. The van der Waals surface area contributed by atoms with Gasteiger partial charge in [-0.3, -0.25) is 0 Å². The second-order valence-electron chi connectivity index (χ2n) is 4.46. The molecule has 16 heavy (non-hydrogen) atoms. The molecule has 0 amide bonds. The minimum Gasteiger partial charge on any atom is -0.541 e. The third-order valence-corrected chi connectivity index (χ3v) is 5.05. The smallest absolute Gasteiger partial charge is 0.278 e. The van der Waals surface area contributed by atoms with Crippen LogP contribution in [0.2, 0.25) is 13.1 Å². The molecule has 1 aromatic rings. The zero-order valence-electron chi connectivity index (χ0n) is 10.0. The minimum atomic E-state index is -2.37. The van der Waals surface area contributed by atoms with Crippen molar-refractivity contribution in [3.05, 3.63) is 24.3 Å². The minimum absolute atomic E-state index is 0.146. The Morgan fingerprint density at radius 1 is 1.44 bits per heavy atom. The molecule has 4 heteroatoms. The second kappa shape index (κ2) is 5.34. The van der Waals surface area contributed by atoms with Gasteiger partial charge in [0.2, 0.25) is 0 Å². The maximum Gasteiger partial charge on any atom is 0.278 e. The number of halogens is 1. The third kappa shape index (κ3) is 3.52. The average molecular weight is 242 g/mol. The Balaban J connectivity index is 2.71. The molecule has 90 valence electrons. The molecule has 1 unspecified atom stereocenters. The van der Waals surface area contributed by atoms with Crippen molar-refractivity contribution in [2.75, 3.05) is 0 Å². The fraction of sp³-hybridized carbons (Fsp3) is 0.500. The molecular weight excluding hydrogens is 223 g/mol. The van der Waals surface area contributed by atoms with Crippen LogP contribution in [0, 0.1) is 0 Å². The van der Waals surface area contributed by atoms with E-state index in [0.717, 1.165) is 6.42 Å². The quantitative estimate of drug-likeness (QED) is 0.799. The van der Waals surface area contributed by atoms with E-state index >= 15 is 0 Å². The molecule has 0 saturated carbocycles. The Labute approximate surface area is 97.2 Å². The highest BCUT2D eigenvalue weighted by atomic mass is 28.4. The molecule has 2 nitrogen and oxygen atoms in total. The second-order valence-corrected chi connectivity index (χ2v) is 8.50. The summed E-state index contributed by atoms with van der Waals surface area (Å²) in [6, 6.07) is 6.53. The van der Waals surface area contributed by atoms with Crippen molar-refractivity contribution in [1.29, 1.82) is 0 Å². The van der Waals surface area contributed by atoms with Gasteiger partial charge < -0.3 is 9.53 Å². The van der Waals surface area contributed by atoms with Crippen LogP contribution in [0.15, 0.2) is 24.3 Å². The van der Waals surface area contributed by atoms with Gasteiger partial charge in [0.15, 0.2) is 0 Å². The van der Waals surface area contributed by atoms with Crippen molar-refractivity contribution >= 4 is 8.32 Å². The van der Waals surface area contributed by atoms with Gasteiger partial charge in [0.1, 0.15) is 17.3 Å². The maximum absolute atomic E-state index is 13.8. The number of benzene rings is 1. The van der Waals surface area contributed by atoms with Gasteiger partial charge in [0, 0.05) is 6.07 Å². The van der Waals surface area contributed by atoms with Gasteiger partial charge in [0.25, 0.3) is 8.32 Å². The van der Waals surface area contributed by atoms with E-state index in [0.29, 0.717) is 12.2 Å². The van der Waals surface area contributed by atoms with Gasteiger partial charge in [-0.1, -0.05) is 19.4 Å². The van der Waals surface area contributed by atoms with Gasteiger partial charge in [-0.05, 0) is 31.6 Å². The number of aromatic hydroxyl groups is 1. The first-order valence-electron chi connectivity index (χ1n) is 5.58. The van der Waals surface area contributed by atoms with Crippen molar-refractivity contribution in [2.24, 2.45) is 0 Å². The summed E-state index contributed by atoms with van der Waals surface area (Å²) >= 11 is 0. The van der Waals surface area contributed by atoms with Crippen LogP contribution < -0.4 is 4.43 Å². The molecule has 0 fully saturated rings. The van der Waals surface area contributed by atoms with Gasteiger partial charge in [-0.25, -0.2) is 4.39 Å². The molecule has 1 rings (SSSR count). The van der Waals surface area contributed by atoms with Crippen LogP contribution in [0.3, 0.4) is 0 Å². The van der Waals surface area contributed by atoms with E-state index in [-0.39, 0.29) is 5.75 Å². The number of hydrogen-bond donors (Lipinski definition) is 1. The molecule has 0 aliphatic rings. The number of phenols is 1. The fourth-order valence-electron chi connectivity index (χ4n) is 1.52. The summed E-state index contributed by atoms with van der Waals surface area (Å²) in [5, 5.41) is 9.29. The van der Waals surface area contributed by atoms with Crippen LogP contribution >= 0.6 is 0 Å². The van der Waals surface area contributed by atoms with Crippen molar-refractivity contribution in [3.63, 3.8) is 0 Å². The summed E-state index contributed by atoms with van der Waals surface area (Å²) in [7, 11) is -2.37. The Kier molecular flexibility index (Phi) is 4.35.